The van der Waals surface area contributed by atoms with Crippen LogP contribution in [0, 0.1) is 5.92 Å². The van der Waals surface area contributed by atoms with Gasteiger partial charge in [0.05, 0.1) is 5.56 Å². The van der Waals surface area contributed by atoms with Gasteiger partial charge in [-0.15, -0.1) is 0 Å². The Kier molecular flexibility index (Phi) is 7.44. The van der Waals surface area contributed by atoms with E-state index in [9.17, 15) is 9.59 Å². The summed E-state index contributed by atoms with van der Waals surface area (Å²) in [4.78, 5) is 23.1. The first-order chi connectivity index (χ1) is 12.0. The molecule has 0 bridgehead atoms. The van der Waals surface area contributed by atoms with Crippen molar-refractivity contribution in [2.24, 2.45) is 5.92 Å². The van der Waals surface area contributed by atoms with Gasteiger partial charge in [0.15, 0.2) is 0 Å². The Bertz CT molecular complexity index is 571. The number of nitrogens with zero attached hydrogens (tertiary/aromatic N) is 2. The summed E-state index contributed by atoms with van der Waals surface area (Å²) in [5.74, 6) is 0.0398. The van der Waals surface area contributed by atoms with Gasteiger partial charge >= 0.3 is 5.97 Å². The number of carbonyl (C=O) groups excluding carboxylic acids is 1. The number of rotatable bonds is 10. The van der Waals surface area contributed by atoms with Gasteiger partial charge in [0.25, 0.3) is 0 Å². The predicted octanol–water partition coefficient (Wildman–Crippen LogP) is 3.59. The van der Waals surface area contributed by atoms with E-state index in [4.69, 9.17) is 5.11 Å². The number of aromatic carboxylic acids is 1. The first kappa shape index (κ1) is 19.4. The quantitative estimate of drug-likeness (QED) is 0.703. The molecule has 1 aliphatic heterocycles. The summed E-state index contributed by atoms with van der Waals surface area (Å²) >= 11 is 0. The van der Waals surface area contributed by atoms with Gasteiger partial charge in [0, 0.05) is 26.1 Å². The average molecular weight is 346 g/mol. The zero-order valence-electron chi connectivity index (χ0n) is 15.4. The molecule has 5 nitrogen and oxygen atoms in total. The molecule has 1 aliphatic rings. The van der Waals surface area contributed by atoms with Gasteiger partial charge < -0.3 is 5.11 Å². The fraction of sp³-hybridized carbons (Fsp3) is 0.600. The second-order valence-corrected chi connectivity index (χ2v) is 7.01. The minimum absolute atomic E-state index is 0.198. The molecule has 0 aliphatic carbocycles. The highest BCUT2D eigenvalue weighted by molar-refractivity contribution is 5.87. The molecule has 1 N–H and O–H groups in total. The van der Waals surface area contributed by atoms with E-state index >= 15 is 0 Å². The average Bonchev–Trinajstić information content (AvgIpc) is 2.93. The molecule has 25 heavy (non-hydrogen) atoms. The Hall–Kier alpha value is -1.88. The molecule has 1 fully saturated rings. The first-order valence-electron chi connectivity index (χ1n) is 9.38. The fourth-order valence-corrected chi connectivity index (χ4v) is 3.44. The molecule has 1 atom stereocenters. The summed E-state index contributed by atoms with van der Waals surface area (Å²) in [5, 5.41) is 13.0. The van der Waals surface area contributed by atoms with Crippen LogP contribution >= 0.6 is 0 Å². The molecule has 1 amide bonds. The lowest BCUT2D eigenvalue weighted by Crippen LogP contribution is -2.41. The minimum Gasteiger partial charge on any atom is -0.478 e. The molecule has 1 unspecified atom stereocenters. The van der Waals surface area contributed by atoms with Gasteiger partial charge in [0.2, 0.25) is 5.91 Å². The van der Waals surface area contributed by atoms with Crippen LogP contribution in [0.5, 0.6) is 0 Å². The van der Waals surface area contributed by atoms with Crippen molar-refractivity contribution < 1.29 is 14.7 Å². The maximum Gasteiger partial charge on any atom is 0.335 e. The van der Waals surface area contributed by atoms with Crippen LogP contribution in [-0.4, -0.2) is 46.6 Å². The largest absolute Gasteiger partial charge is 0.478 e. The van der Waals surface area contributed by atoms with Crippen LogP contribution in [0.1, 0.15) is 61.9 Å². The lowest BCUT2D eigenvalue weighted by molar-refractivity contribution is -0.137. The Morgan fingerprint density at radius 3 is 2.56 bits per heavy atom. The van der Waals surface area contributed by atoms with E-state index in [-0.39, 0.29) is 5.91 Å². The van der Waals surface area contributed by atoms with Crippen molar-refractivity contribution in [3.8, 4) is 0 Å². The molecule has 0 saturated carbocycles. The van der Waals surface area contributed by atoms with Crippen molar-refractivity contribution in [2.45, 2.75) is 52.4 Å². The highest BCUT2D eigenvalue weighted by Crippen LogP contribution is 2.17. The Morgan fingerprint density at radius 2 is 1.92 bits per heavy atom. The second kappa shape index (κ2) is 9.56. The van der Waals surface area contributed by atoms with E-state index in [1.54, 1.807) is 12.1 Å². The molecule has 1 heterocycles. The number of carbonyl (C=O) groups is 2. The van der Waals surface area contributed by atoms with Crippen molar-refractivity contribution in [1.82, 2.24) is 10.0 Å². The van der Waals surface area contributed by atoms with Gasteiger partial charge in [-0.25, -0.2) is 9.80 Å². The molecular formula is C20H30N2O3. The van der Waals surface area contributed by atoms with Crippen LogP contribution in [0.15, 0.2) is 24.3 Å². The van der Waals surface area contributed by atoms with Gasteiger partial charge in [-0.2, -0.15) is 0 Å². The first-order valence-corrected chi connectivity index (χ1v) is 9.38. The number of hydrogen-bond acceptors (Lipinski definition) is 3. The number of hydrogen-bond donors (Lipinski definition) is 1. The van der Waals surface area contributed by atoms with E-state index < -0.39 is 5.97 Å². The molecule has 138 valence electrons. The van der Waals surface area contributed by atoms with Crippen molar-refractivity contribution >= 4 is 11.9 Å². The maximum absolute atomic E-state index is 12.2. The minimum atomic E-state index is -0.912. The third-order valence-electron chi connectivity index (χ3n) is 4.92. The van der Waals surface area contributed by atoms with Gasteiger partial charge in [0.1, 0.15) is 0 Å². The molecule has 1 aromatic carbocycles. The monoisotopic (exact) mass is 346 g/mol. The normalized spacial score (nSPS) is 16.4. The van der Waals surface area contributed by atoms with Crippen LogP contribution in [-0.2, 0) is 11.2 Å². The number of benzene rings is 1. The molecule has 0 radical (unpaired) electrons. The van der Waals surface area contributed by atoms with Gasteiger partial charge in [-0.1, -0.05) is 38.8 Å². The van der Waals surface area contributed by atoms with Crippen molar-refractivity contribution in [2.75, 3.05) is 19.6 Å². The van der Waals surface area contributed by atoms with E-state index in [1.807, 2.05) is 17.1 Å². The van der Waals surface area contributed by atoms with Crippen LogP contribution < -0.4 is 0 Å². The van der Waals surface area contributed by atoms with Crippen molar-refractivity contribution in [3.63, 3.8) is 0 Å². The zero-order chi connectivity index (χ0) is 18.2. The van der Waals surface area contributed by atoms with Crippen molar-refractivity contribution in [3.05, 3.63) is 35.4 Å². The Balaban J connectivity index is 1.81. The summed E-state index contributed by atoms with van der Waals surface area (Å²) in [5.41, 5.74) is 1.35. The highest BCUT2D eigenvalue weighted by Gasteiger charge is 2.27. The predicted molar refractivity (Wildman–Crippen MR) is 98.3 cm³/mol. The summed E-state index contributed by atoms with van der Waals surface area (Å²) in [6, 6.07) is 6.91. The molecule has 1 saturated heterocycles. The SMILES string of the molecule is CCCC(C)CCCN1CCC(=O)N1CCc1ccc(C(=O)O)cc1. The fourth-order valence-electron chi connectivity index (χ4n) is 3.44. The van der Waals surface area contributed by atoms with Gasteiger partial charge in [-0.3, -0.25) is 9.80 Å². The summed E-state index contributed by atoms with van der Waals surface area (Å²) < 4.78 is 0. The molecule has 0 aromatic heterocycles. The number of amides is 1. The maximum atomic E-state index is 12.2. The lowest BCUT2D eigenvalue weighted by Gasteiger charge is -2.28. The topological polar surface area (TPSA) is 60.9 Å². The third-order valence-corrected chi connectivity index (χ3v) is 4.92. The summed E-state index contributed by atoms with van der Waals surface area (Å²) in [6.07, 6.45) is 6.18. The van der Waals surface area contributed by atoms with E-state index in [1.165, 1.54) is 19.3 Å². The smallest absolute Gasteiger partial charge is 0.335 e. The molecular weight excluding hydrogens is 316 g/mol. The highest BCUT2D eigenvalue weighted by atomic mass is 16.4. The molecule has 5 heteroatoms. The van der Waals surface area contributed by atoms with Crippen molar-refractivity contribution in [1.29, 1.82) is 0 Å². The number of hydrazine groups is 1. The van der Waals surface area contributed by atoms with Crippen LogP contribution in [0.2, 0.25) is 0 Å². The van der Waals surface area contributed by atoms with Crippen LogP contribution in [0.4, 0.5) is 0 Å². The Morgan fingerprint density at radius 1 is 1.20 bits per heavy atom. The molecule has 0 spiro atoms. The standard InChI is InChI=1S/C20H30N2O3/c1-3-5-16(2)6-4-13-21-14-12-19(23)22(21)15-11-17-7-9-18(10-8-17)20(24)25/h7-10,16H,3-6,11-15H2,1-2H3,(H,24,25). The van der Waals surface area contributed by atoms with E-state index in [2.05, 4.69) is 18.9 Å². The van der Waals surface area contributed by atoms with Crippen LogP contribution in [0.25, 0.3) is 0 Å². The zero-order valence-corrected chi connectivity index (χ0v) is 15.4. The van der Waals surface area contributed by atoms with E-state index in [0.29, 0.717) is 18.5 Å². The summed E-state index contributed by atoms with van der Waals surface area (Å²) in [7, 11) is 0. The van der Waals surface area contributed by atoms with E-state index in [0.717, 1.165) is 37.4 Å². The van der Waals surface area contributed by atoms with Crippen LogP contribution in [0.3, 0.4) is 0 Å². The lowest BCUT2D eigenvalue weighted by atomic mass is 10.0. The molecule has 2 rings (SSSR count). The number of carboxylic acids is 1. The third kappa shape index (κ3) is 5.85. The Labute approximate surface area is 150 Å². The second-order valence-electron chi connectivity index (χ2n) is 7.01. The number of carboxylic acid groups (broad SMARTS) is 1. The van der Waals surface area contributed by atoms with Gasteiger partial charge in [-0.05, 0) is 42.9 Å². The summed E-state index contributed by atoms with van der Waals surface area (Å²) in [6.45, 7) is 6.95. The molecule has 1 aromatic rings.